The van der Waals surface area contributed by atoms with Gasteiger partial charge in [0.2, 0.25) is 0 Å². The number of nitrogens with zero attached hydrogens (tertiary/aromatic N) is 2. The van der Waals surface area contributed by atoms with E-state index in [2.05, 4.69) is 10.2 Å². The number of carbonyl (C=O) groups excluding carboxylic acids is 4. The Bertz CT molecular complexity index is 1220. The van der Waals surface area contributed by atoms with E-state index in [1.165, 1.54) is 17.7 Å². The average Bonchev–Trinajstić information content (AvgIpc) is 3.57. The average molecular weight is 644 g/mol. The molecule has 0 spiro atoms. The van der Waals surface area contributed by atoms with Crippen LogP contribution in [0.25, 0.3) is 0 Å². The number of cyclic esters (lactones) is 2. The minimum atomic E-state index is -0.565. The normalized spacial score (nSPS) is 24.7. The van der Waals surface area contributed by atoms with Crippen LogP contribution in [0.2, 0.25) is 0 Å². The Morgan fingerprint density at radius 2 is 1.65 bits per heavy atom. The molecule has 5 rings (SSSR count). The summed E-state index contributed by atoms with van der Waals surface area (Å²) in [5.74, 6) is 0.544. The molecule has 12 nitrogen and oxygen atoms in total. The number of hydrogen-bond acceptors (Lipinski definition) is 10. The van der Waals surface area contributed by atoms with Crippen molar-refractivity contribution in [3.8, 4) is 11.5 Å². The van der Waals surface area contributed by atoms with Crippen molar-refractivity contribution < 1.29 is 42.9 Å². The van der Waals surface area contributed by atoms with Gasteiger partial charge in [-0.25, -0.2) is 19.3 Å². The highest BCUT2D eigenvalue weighted by molar-refractivity contribution is 5.98. The summed E-state index contributed by atoms with van der Waals surface area (Å²) in [6.45, 7) is 1.75. The van der Waals surface area contributed by atoms with Crippen LogP contribution in [-0.2, 0) is 19.0 Å². The number of imide groups is 1. The number of amides is 3. The summed E-state index contributed by atoms with van der Waals surface area (Å²) in [5.41, 5.74) is 1.37. The second-order valence-corrected chi connectivity index (χ2v) is 12.8. The predicted molar refractivity (Wildman–Crippen MR) is 168 cm³/mol. The molecule has 12 heteroatoms. The van der Waals surface area contributed by atoms with Gasteiger partial charge in [-0.3, -0.25) is 9.69 Å². The van der Waals surface area contributed by atoms with E-state index < -0.39 is 6.09 Å². The van der Waals surface area contributed by atoms with E-state index in [1.54, 1.807) is 20.3 Å². The van der Waals surface area contributed by atoms with Crippen LogP contribution in [0.1, 0.15) is 118 Å². The second-order valence-electron chi connectivity index (χ2n) is 12.8. The highest BCUT2D eigenvalue weighted by atomic mass is 16.6. The van der Waals surface area contributed by atoms with Crippen molar-refractivity contribution in [1.29, 1.82) is 0 Å². The standard InChI is InChI=1S/C34H49N3O9/c1-42-25-20-26-27(46-32(39)31(26)28(21-25)43-2)12-8-6-4-3-5-7-10-18-36-19-11-9-13-29(36)35-33(40)45-24-16-14-23(15-17-24)37-30(38)22-44-34(37)41/h20-21,23-24,27,29H,3-19,22H2,1-2H3,(H,35,40)/t23?,24?,27-,29?/m1/s1. The summed E-state index contributed by atoms with van der Waals surface area (Å²) in [6.07, 6.45) is 12.8. The van der Waals surface area contributed by atoms with Crippen LogP contribution in [0, 0.1) is 0 Å². The minimum absolute atomic E-state index is 0.00987. The number of esters is 1. The van der Waals surface area contributed by atoms with Gasteiger partial charge in [-0.2, -0.15) is 0 Å². The van der Waals surface area contributed by atoms with E-state index in [9.17, 15) is 19.2 Å². The zero-order chi connectivity index (χ0) is 32.5. The number of hydrogen-bond donors (Lipinski definition) is 1. The summed E-state index contributed by atoms with van der Waals surface area (Å²) < 4.78 is 27.0. The van der Waals surface area contributed by atoms with Gasteiger partial charge < -0.3 is 29.0 Å². The topological polar surface area (TPSA) is 133 Å². The number of fused-ring (bicyclic) bond motifs is 1. The summed E-state index contributed by atoms with van der Waals surface area (Å²) >= 11 is 0. The molecule has 1 saturated carbocycles. The first-order valence-corrected chi connectivity index (χ1v) is 17.0. The molecule has 3 fully saturated rings. The van der Waals surface area contributed by atoms with E-state index in [4.69, 9.17) is 23.7 Å². The minimum Gasteiger partial charge on any atom is -0.497 e. The first-order chi connectivity index (χ1) is 22.4. The van der Waals surface area contributed by atoms with E-state index in [0.29, 0.717) is 42.7 Å². The van der Waals surface area contributed by atoms with Gasteiger partial charge in [-0.05, 0) is 70.3 Å². The molecular formula is C34H49N3O9. The third kappa shape index (κ3) is 8.43. The highest BCUT2D eigenvalue weighted by Crippen LogP contribution is 2.41. The van der Waals surface area contributed by atoms with Crippen molar-refractivity contribution in [3.63, 3.8) is 0 Å². The molecule has 0 bridgehead atoms. The maximum Gasteiger partial charge on any atom is 0.417 e. The molecule has 254 valence electrons. The fourth-order valence-corrected chi connectivity index (χ4v) is 7.24. The number of unbranched alkanes of at least 4 members (excludes halogenated alkanes) is 6. The number of carbonyl (C=O) groups is 4. The number of benzene rings is 1. The van der Waals surface area contributed by atoms with Crippen LogP contribution in [0.3, 0.4) is 0 Å². The highest BCUT2D eigenvalue weighted by Gasteiger charge is 2.39. The fourth-order valence-electron chi connectivity index (χ4n) is 7.24. The molecule has 3 heterocycles. The van der Waals surface area contributed by atoms with Crippen molar-refractivity contribution in [1.82, 2.24) is 15.1 Å². The second kappa shape index (κ2) is 16.3. The monoisotopic (exact) mass is 643 g/mol. The molecular weight excluding hydrogens is 594 g/mol. The quantitative estimate of drug-likeness (QED) is 0.141. The van der Waals surface area contributed by atoms with E-state index in [1.807, 2.05) is 6.07 Å². The Kier molecular flexibility index (Phi) is 12.0. The molecule has 3 aliphatic heterocycles. The molecule has 1 N–H and O–H groups in total. The van der Waals surface area contributed by atoms with E-state index in [0.717, 1.165) is 76.4 Å². The van der Waals surface area contributed by atoms with Crippen molar-refractivity contribution >= 4 is 24.1 Å². The molecule has 1 unspecified atom stereocenters. The molecule has 1 aromatic rings. The van der Waals surface area contributed by atoms with Gasteiger partial charge in [-0.15, -0.1) is 0 Å². The summed E-state index contributed by atoms with van der Waals surface area (Å²) in [6, 6.07) is 3.42. The fraction of sp³-hybridized carbons (Fsp3) is 0.706. The Hall–Kier alpha value is -3.54. The lowest BCUT2D eigenvalue weighted by Crippen LogP contribution is -2.51. The summed E-state index contributed by atoms with van der Waals surface area (Å²) in [4.78, 5) is 52.5. The lowest BCUT2D eigenvalue weighted by Gasteiger charge is -2.36. The maximum absolute atomic E-state index is 12.8. The maximum atomic E-state index is 12.8. The lowest BCUT2D eigenvalue weighted by atomic mass is 9.92. The van der Waals surface area contributed by atoms with E-state index in [-0.39, 0.29) is 49.0 Å². The van der Waals surface area contributed by atoms with Gasteiger partial charge in [-0.1, -0.05) is 32.1 Å². The van der Waals surface area contributed by atoms with Crippen molar-refractivity contribution in [2.45, 2.75) is 121 Å². The Morgan fingerprint density at radius 3 is 2.35 bits per heavy atom. The first kappa shape index (κ1) is 33.8. The molecule has 0 aromatic heterocycles. The molecule has 1 aromatic carbocycles. The van der Waals surface area contributed by atoms with Gasteiger partial charge in [0, 0.05) is 30.8 Å². The lowest BCUT2D eigenvalue weighted by molar-refractivity contribution is -0.128. The van der Waals surface area contributed by atoms with Gasteiger partial charge in [0.05, 0.1) is 20.4 Å². The number of alkyl carbamates (subject to hydrolysis) is 1. The Labute approximate surface area is 271 Å². The van der Waals surface area contributed by atoms with Crippen LogP contribution in [0.4, 0.5) is 9.59 Å². The number of likely N-dealkylation sites (tertiary alicyclic amines) is 1. The van der Waals surface area contributed by atoms with Crippen LogP contribution < -0.4 is 14.8 Å². The Balaban J connectivity index is 0.932. The zero-order valence-corrected chi connectivity index (χ0v) is 27.3. The van der Waals surface area contributed by atoms with Gasteiger partial charge >= 0.3 is 18.2 Å². The number of nitrogens with one attached hydrogen (secondary N) is 1. The van der Waals surface area contributed by atoms with Crippen LogP contribution in [-0.4, -0.2) is 86.1 Å². The SMILES string of the molecule is COc1cc(OC)c2c(c1)[C@@H](CCCCCCCCCN1CCCCC1NC(=O)OC1CCC(N3C(=O)COC3=O)CC1)OC2=O. The van der Waals surface area contributed by atoms with Crippen molar-refractivity contribution in [2.75, 3.05) is 33.9 Å². The molecule has 3 amide bonds. The molecule has 2 saturated heterocycles. The first-order valence-electron chi connectivity index (χ1n) is 17.0. The van der Waals surface area contributed by atoms with Crippen LogP contribution in [0.5, 0.6) is 11.5 Å². The molecule has 46 heavy (non-hydrogen) atoms. The van der Waals surface area contributed by atoms with Gasteiger partial charge in [0.15, 0.2) is 6.61 Å². The zero-order valence-electron chi connectivity index (χ0n) is 27.3. The number of piperidine rings is 1. The molecule has 2 atom stereocenters. The number of methoxy groups -OCH3 is 2. The summed E-state index contributed by atoms with van der Waals surface area (Å²) in [5, 5.41) is 3.10. The Morgan fingerprint density at radius 1 is 0.913 bits per heavy atom. The third-order valence-corrected chi connectivity index (χ3v) is 9.74. The predicted octanol–water partition coefficient (Wildman–Crippen LogP) is 5.86. The smallest absolute Gasteiger partial charge is 0.417 e. The molecule has 0 radical (unpaired) electrons. The van der Waals surface area contributed by atoms with Crippen LogP contribution >= 0.6 is 0 Å². The number of ether oxygens (including phenoxy) is 5. The third-order valence-electron chi connectivity index (χ3n) is 9.74. The van der Waals surface area contributed by atoms with Gasteiger partial charge in [0.1, 0.15) is 29.3 Å². The summed E-state index contributed by atoms with van der Waals surface area (Å²) in [7, 11) is 3.15. The number of rotatable bonds is 15. The molecule has 1 aliphatic carbocycles. The van der Waals surface area contributed by atoms with E-state index >= 15 is 0 Å². The van der Waals surface area contributed by atoms with Crippen molar-refractivity contribution in [2.24, 2.45) is 0 Å². The van der Waals surface area contributed by atoms with Crippen LogP contribution in [0.15, 0.2) is 12.1 Å². The largest absolute Gasteiger partial charge is 0.497 e. The molecule has 4 aliphatic rings. The van der Waals surface area contributed by atoms with Crippen molar-refractivity contribution in [3.05, 3.63) is 23.3 Å². The van der Waals surface area contributed by atoms with Gasteiger partial charge in [0.25, 0.3) is 5.91 Å².